The van der Waals surface area contributed by atoms with Crippen LogP contribution in [-0.2, 0) is 0 Å². The second-order valence-corrected chi connectivity index (χ2v) is 6.87. The van der Waals surface area contributed by atoms with E-state index in [0.717, 1.165) is 20.5 Å². The topological polar surface area (TPSA) is 68.9 Å². The van der Waals surface area contributed by atoms with Gasteiger partial charge in [0.1, 0.15) is 4.88 Å². The lowest BCUT2D eigenvalue weighted by molar-refractivity contribution is 0.970. The summed E-state index contributed by atoms with van der Waals surface area (Å²) in [6.07, 6.45) is 0. The van der Waals surface area contributed by atoms with E-state index in [1.165, 1.54) is 22.0 Å². The Morgan fingerprint density at radius 1 is 1.10 bits per heavy atom. The van der Waals surface area contributed by atoms with Crippen LogP contribution in [0.2, 0.25) is 0 Å². The van der Waals surface area contributed by atoms with Crippen molar-refractivity contribution in [3.63, 3.8) is 0 Å². The molecule has 9 heteroatoms. The van der Waals surface area contributed by atoms with Crippen molar-refractivity contribution >= 4 is 39.2 Å². The molecular formula is C11H8N6S3. The minimum Gasteiger partial charge on any atom is -0.181 e. The summed E-state index contributed by atoms with van der Waals surface area (Å²) in [6.45, 7) is 4.00. The van der Waals surface area contributed by atoms with E-state index in [1.807, 2.05) is 6.92 Å². The highest BCUT2D eigenvalue weighted by atomic mass is 32.1. The average Bonchev–Trinajstić information content (AvgIpc) is 3.12. The second-order valence-electron chi connectivity index (χ2n) is 4.25. The zero-order valence-electron chi connectivity index (χ0n) is 10.6. The van der Waals surface area contributed by atoms with Gasteiger partial charge in [-0.1, -0.05) is 15.8 Å². The fourth-order valence-corrected chi connectivity index (χ4v) is 4.42. The molecule has 0 saturated heterocycles. The van der Waals surface area contributed by atoms with Gasteiger partial charge in [0.05, 0.1) is 10.6 Å². The molecule has 0 amide bonds. The summed E-state index contributed by atoms with van der Waals surface area (Å²) in [6, 6.07) is 2.10. The highest BCUT2D eigenvalue weighted by Crippen LogP contribution is 2.34. The van der Waals surface area contributed by atoms with Gasteiger partial charge in [-0.3, -0.25) is 0 Å². The molecule has 0 N–H and O–H groups in total. The van der Waals surface area contributed by atoms with E-state index in [4.69, 9.17) is 0 Å². The van der Waals surface area contributed by atoms with Crippen LogP contribution in [0.25, 0.3) is 25.5 Å². The van der Waals surface area contributed by atoms with Gasteiger partial charge in [0, 0.05) is 0 Å². The molecule has 0 atom stereocenters. The van der Waals surface area contributed by atoms with Crippen molar-refractivity contribution in [1.29, 1.82) is 0 Å². The Bertz CT molecular complexity index is 898. The first kappa shape index (κ1) is 12.1. The molecule has 0 saturated carbocycles. The summed E-state index contributed by atoms with van der Waals surface area (Å²) in [5.74, 6) is 0.712. The predicted octanol–water partition coefficient (Wildman–Crippen LogP) is 3.05. The van der Waals surface area contributed by atoms with E-state index >= 15 is 0 Å². The Morgan fingerprint density at radius 2 is 2.00 bits per heavy atom. The maximum absolute atomic E-state index is 4.64. The van der Waals surface area contributed by atoms with Gasteiger partial charge in [0.15, 0.2) is 10.8 Å². The van der Waals surface area contributed by atoms with Gasteiger partial charge in [0.2, 0.25) is 4.96 Å². The first-order valence-electron chi connectivity index (χ1n) is 5.80. The maximum Gasteiger partial charge on any atom is 0.235 e. The lowest BCUT2D eigenvalue weighted by atomic mass is 10.3. The highest BCUT2D eigenvalue weighted by molar-refractivity contribution is 7.24. The lowest BCUT2D eigenvalue weighted by Crippen LogP contribution is -1.90. The van der Waals surface area contributed by atoms with E-state index in [0.29, 0.717) is 5.82 Å². The predicted molar refractivity (Wildman–Crippen MR) is 80.3 cm³/mol. The van der Waals surface area contributed by atoms with Crippen LogP contribution in [0.1, 0.15) is 11.3 Å². The van der Waals surface area contributed by atoms with E-state index in [1.54, 1.807) is 27.2 Å². The molecule has 0 bridgehead atoms. The molecular weight excluding hydrogens is 312 g/mol. The van der Waals surface area contributed by atoms with Crippen molar-refractivity contribution in [2.75, 3.05) is 0 Å². The minimum absolute atomic E-state index is 0.712. The molecule has 6 nitrogen and oxygen atoms in total. The fourth-order valence-electron chi connectivity index (χ4n) is 1.88. The Morgan fingerprint density at radius 3 is 2.70 bits per heavy atom. The SMILES string of the molecule is Cc1ccsc1-c1nn2c(-c3snnc3C)nnc2s1. The number of rotatable bonds is 2. The van der Waals surface area contributed by atoms with Crippen molar-refractivity contribution in [3.05, 3.63) is 22.7 Å². The van der Waals surface area contributed by atoms with Crippen molar-refractivity contribution in [2.45, 2.75) is 13.8 Å². The minimum atomic E-state index is 0.712. The number of aromatic nitrogens is 6. The zero-order chi connectivity index (χ0) is 13.7. The molecule has 4 rings (SSSR count). The normalized spacial score (nSPS) is 11.5. The summed E-state index contributed by atoms with van der Waals surface area (Å²) < 4.78 is 5.72. The summed E-state index contributed by atoms with van der Waals surface area (Å²) in [5, 5.41) is 20.1. The van der Waals surface area contributed by atoms with Gasteiger partial charge in [0.25, 0.3) is 0 Å². The molecule has 0 aliphatic heterocycles. The molecule has 0 aliphatic carbocycles. The molecule has 0 radical (unpaired) electrons. The number of hydrogen-bond donors (Lipinski definition) is 0. The van der Waals surface area contributed by atoms with Gasteiger partial charge in [-0.05, 0) is 42.4 Å². The zero-order valence-corrected chi connectivity index (χ0v) is 13.0. The standard InChI is InChI=1S/C11H8N6S3/c1-5-3-4-18-7(5)10-15-17-9(13-14-11(17)19-10)8-6(2)12-16-20-8/h3-4H,1-2H3. The number of hydrogen-bond acceptors (Lipinski definition) is 8. The van der Waals surface area contributed by atoms with E-state index < -0.39 is 0 Å². The maximum atomic E-state index is 4.64. The van der Waals surface area contributed by atoms with Crippen molar-refractivity contribution < 1.29 is 0 Å². The van der Waals surface area contributed by atoms with E-state index in [2.05, 4.69) is 43.3 Å². The summed E-state index contributed by atoms with van der Waals surface area (Å²) in [5.41, 5.74) is 2.09. The van der Waals surface area contributed by atoms with Gasteiger partial charge in [-0.2, -0.15) is 9.61 Å². The number of aryl methyl sites for hydroxylation is 2. The number of thiophene rings is 1. The lowest BCUT2D eigenvalue weighted by Gasteiger charge is -1.93. The van der Waals surface area contributed by atoms with Crippen LogP contribution >= 0.6 is 34.2 Å². The fraction of sp³-hybridized carbons (Fsp3) is 0.182. The largest absolute Gasteiger partial charge is 0.235 e. The Balaban J connectivity index is 1.92. The van der Waals surface area contributed by atoms with Crippen LogP contribution < -0.4 is 0 Å². The quantitative estimate of drug-likeness (QED) is 0.568. The molecule has 4 heterocycles. The first-order chi connectivity index (χ1) is 9.74. The van der Waals surface area contributed by atoms with Gasteiger partial charge in [-0.15, -0.1) is 26.6 Å². The van der Waals surface area contributed by atoms with Crippen LogP contribution in [0.4, 0.5) is 0 Å². The smallest absolute Gasteiger partial charge is 0.181 e. The Kier molecular flexibility index (Phi) is 2.65. The molecule has 4 aromatic rings. The second kappa shape index (κ2) is 4.40. The van der Waals surface area contributed by atoms with Crippen LogP contribution in [-0.4, -0.2) is 29.4 Å². The molecule has 0 unspecified atom stereocenters. The highest BCUT2D eigenvalue weighted by Gasteiger charge is 2.19. The third-order valence-electron chi connectivity index (χ3n) is 2.90. The summed E-state index contributed by atoms with van der Waals surface area (Å²) in [7, 11) is 0. The van der Waals surface area contributed by atoms with Gasteiger partial charge < -0.3 is 0 Å². The van der Waals surface area contributed by atoms with Crippen LogP contribution in [0.3, 0.4) is 0 Å². The molecule has 20 heavy (non-hydrogen) atoms. The van der Waals surface area contributed by atoms with Crippen LogP contribution in [0, 0.1) is 13.8 Å². The third-order valence-corrected chi connectivity index (χ3v) is 5.79. The molecule has 0 fully saturated rings. The van der Waals surface area contributed by atoms with Crippen molar-refractivity contribution in [1.82, 2.24) is 29.4 Å². The summed E-state index contributed by atoms with van der Waals surface area (Å²) >= 11 is 4.55. The van der Waals surface area contributed by atoms with Crippen molar-refractivity contribution in [3.8, 4) is 20.6 Å². The average molecular weight is 320 g/mol. The summed E-state index contributed by atoms with van der Waals surface area (Å²) in [4.78, 5) is 2.89. The van der Waals surface area contributed by atoms with E-state index in [-0.39, 0.29) is 0 Å². The number of nitrogens with zero attached hydrogens (tertiary/aromatic N) is 6. The molecule has 0 aromatic carbocycles. The van der Waals surface area contributed by atoms with Gasteiger partial charge >= 0.3 is 0 Å². The molecule has 0 spiro atoms. The third kappa shape index (κ3) is 1.70. The van der Waals surface area contributed by atoms with Gasteiger partial charge in [-0.25, -0.2) is 0 Å². The van der Waals surface area contributed by atoms with Crippen LogP contribution in [0.15, 0.2) is 11.4 Å². The number of fused-ring (bicyclic) bond motifs is 1. The van der Waals surface area contributed by atoms with E-state index in [9.17, 15) is 0 Å². The Labute approximate surface area is 125 Å². The van der Waals surface area contributed by atoms with Crippen molar-refractivity contribution in [2.24, 2.45) is 0 Å². The first-order valence-corrected chi connectivity index (χ1v) is 8.27. The monoisotopic (exact) mass is 320 g/mol. The Hall–Kier alpha value is -1.71. The van der Waals surface area contributed by atoms with Crippen LogP contribution in [0.5, 0.6) is 0 Å². The molecule has 0 aliphatic rings. The molecule has 4 aromatic heterocycles. The molecule has 100 valence electrons.